The van der Waals surface area contributed by atoms with Crippen LogP contribution in [-0.2, 0) is 0 Å². The summed E-state index contributed by atoms with van der Waals surface area (Å²) in [6, 6.07) is 25.3. The van der Waals surface area contributed by atoms with Gasteiger partial charge >= 0.3 is 5.63 Å². The zero-order valence-electron chi connectivity index (χ0n) is 16.6. The van der Waals surface area contributed by atoms with Crippen molar-refractivity contribution in [2.75, 3.05) is 5.32 Å². The predicted octanol–water partition coefficient (Wildman–Crippen LogP) is 5.33. The van der Waals surface area contributed by atoms with Gasteiger partial charge in [0.25, 0.3) is 5.91 Å². The molecule has 7 heteroatoms. The van der Waals surface area contributed by atoms with Crippen molar-refractivity contribution in [2.24, 2.45) is 0 Å². The molecule has 2 aromatic heterocycles. The average Bonchev–Trinajstić information content (AvgIpc) is 3.23. The molecule has 3 aromatic carbocycles. The Balaban J connectivity index is 1.34. The van der Waals surface area contributed by atoms with Crippen molar-refractivity contribution in [3.8, 4) is 11.1 Å². The summed E-state index contributed by atoms with van der Waals surface area (Å²) in [7, 11) is 0. The molecule has 0 radical (unpaired) electrons. The zero-order chi connectivity index (χ0) is 22.1. The number of amides is 1. The lowest BCUT2D eigenvalue weighted by Gasteiger charge is -2.10. The second-order valence-corrected chi connectivity index (χ2v) is 7.53. The first-order valence-corrected chi connectivity index (χ1v) is 10.2. The van der Waals surface area contributed by atoms with E-state index in [1.165, 1.54) is 0 Å². The predicted molar refractivity (Wildman–Crippen MR) is 128 cm³/mol. The molecule has 32 heavy (non-hydrogen) atoms. The molecule has 2 heterocycles. The molecule has 2 N–H and O–H groups in total. The molecule has 0 aliphatic heterocycles. The zero-order valence-corrected chi connectivity index (χ0v) is 17.4. The van der Waals surface area contributed by atoms with Gasteiger partial charge in [0.2, 0.25) is 0 Å². The number of anilines is 1. The van der Waals surface area contributed by atoms with Crippen LogP contribution in [0.3, 0.4) is 0 Å². The number of furan rings is 1. The van der Waals surface area contributed by atoms with Gasteiger partial charge in [-0.3, -0.25) is 10.1 Å². The maximum atomic E-state index is 12.5. The fourth-order valence-corrected chi connectivity index (χ4v) is 3.66. The van der Waals surface area contributed by atoms with Crippen molar-refractivity contribution >= 4 is 50.9 Å². The van der Waals surface area contributed by atoms with E-state index in [2.05, 4.69) is 10.6 Å². The molecular formula is C25H16N2O4S. The largest absolute Gasteiger partial charge is 0.451 e. The van der Waals surface area contributed by atoms with Crippen molar-refractivity contribution in [1.29, 1.82) is 0 Å². The maximum absolute atomic E-state index is 12.5. The third-order valence-electron chi connectivity index (χ3n) is 4.95. The van der Waals surface area contributed by atoms with E-state index in [1.807, 2.05) is 42.5 Å². The Kier molecular flexibility index (Phi) is 5.01. The van der Waals surface area contributed by atoms with Gasteiger partial charge in [-0.05, 0) is 54.2 Å². The number of hydrogen-bond acceptors (Lipinski definition) is 5. The molecule has 5 aromatic rings. The minimum atomic E-state index is -0.454. The van der Waals surface area contributed by atoms with E-state index in [0.717, 1.165) is 10.8 Å². The van der Waals surface area contributed by atoms with Crippen LogP contribution in [0.2, 0.25) is 0 Å². The van der Waals surface area contributed by atoms with Crippen molar-refractivity contribution in [2.45, 2.75) is 0 Å². The summed E-state index contributed by atoms with van der Waals surface area (Å²) in [4.78, 5) is 24.9. The van der Waals surface area contributed by atoms with Crippen molar-refractivity contribution in [3.63, 3.8) is 0 Å². The van der Waals surface area contributed by atoms with Crippen molar-refractivity contribution in [3.05, 3.63) is 101 Å². The van der Waals surface area contributed by atoms with E-state index >= 15 is 0 Å². The first-order valence-electron chi connectivity index (χ1n) is 9.81. The van der Waals surface area contributed by atoms with Crippen LogP contribution in [0, 0.1) is 0 Å². The summed E-state index contributed by atoms with van der Waals surface area (Å²) in [5, 5.41) is 7.35. The van der Waals surface area contributed by atoms with Crippen LogP contribution < -0.4 is 16.3 Å². The van der Waals surface area contributed by atoms with E-state index < -0.39 is 11.5 Å². The van der Waals surface area contributed by atoms with Gasteiger partial charge in [-0.2, -0.15) is 0 Å². The van der Waals surface area contributed by atoms with Gasteiger partial charge in [0, 0.05) is 16.5 Å². The smallest absolute Gasteiger partial charge is 0.344 e. The topological polar surface area (TPSA) is 84.5 Å². The highest BCUT2D eigenvalue weighted by Crippen LogP contribution is 2.24. The molecule has 0 spiro atoms. The molecule has 0 aliphatic carbocycles. The van der Waals surface area contributed by atoms with Gasteiger partial charge in [-0.1, -0.05) is 48.5 Å². The molecule has 0 atom stereocenters. The van der Waals surface area contributed by atoms with E-state index in [-0.39, 0.29) is 10.9 Å². The van der Waals surface area contributed by atoms with Crippen LogP contribution >= 0.6 is 12.2 Å². The highest BCUT2D eigenvalue weighted by molar-refractivity contribution is 7.80. The summed E-state index contributed by atoms with van der Waals surface area (Å²) in [5.74, 6) is -0.289. The van der Waals surface area contributed by atoms with Crippen LogP contribution in [0.5, 0.6) is 0 Å². The molecule has 0 bridgehead atoms. The quantitative estimate of drug-likeness (QED) is 0.291. The first-order chi connectivity index (χ1) is 15.6. The summed E-state index contributed by atoms with van der Waals surface area (Å²) >= 11 is 5.28. The summed E-state index contributed by atoms with van der Waals surface area (Å²) in [6.07, 6.45) is 0. The number of para-hydroxylation sites is 2. The molecule has 156 valence electrons. The van der Waals surface area contributed by atoms with Crippen LogP contribution in [0.1, 0.15) is 10.6 Å². The fraction of sp³-hybridized carbons (Fsp3) is 0. The van der Waals surface area contributed by atoms with Gasteiger partial charge in [-0.25, -0.2) is 4.79 Å². The van der Waals surface area contributed by atoms with Gasteiger partial charge in [-0.15, -0.1) is 0 Å². The summed E-state index contributed by atoms with van der Waals surface area (Å²) in [6.45, 7) is 0. The third kappa shape index (κ3) is 3.89. The number of carbonyl (C=O) groups excluding carboxylic acids is 1. The molecule has 0 fully saturated rings. The molecule has 6 nitrogen and oxygen atoms in total. The minimum Gasteiger partial charge on any atom is -0.451 e. The Hall–Kier alpha value is -4.23. The van der Waals surface area contributed by atoms with Gasteiger partial charge in [0.05, 0.1) is 5.56 Å². The fourth-order valence-electron chi connectivity index (χ4n) is 3.45. The van der Waals surface area contributed by atoms with Crippen LogP contribution in [0.15, 0.2) is 98.6 Å². The highest BCUT2D eigenvalue weighted by Gasteiger charge is 2.14. The molecular weight excluding hydrogens is 424 g/mol. The Morgan fingerprint density at radius 1 is 0.781 bits per heavy atom. The van der Waals surface area contributed by atoms with E-state index in [4.69, 9.17) is 21.1 Å². The first kappa shape index (κ1) is 19.7. The average molecular weight is 440 g/mol. The Morgan fingerprint density at radius 2 is 1.47 bits per heavy atom. The second kappa shape index (κ2) is 8.13. The molecule has 0 saturated heterocycles. The van der Waals surface area contributed by atoms with Gasteiger partial charge in [0.1, 0.15) is 11.2 Å². The maximum Gasteiger partial charge on any atom is 0.344 e. The lowest BCUT2D eigenvalue weighted by molar-refractivity contribution is 0.0953. The lowest BCUT2D eigenvalue weighted by Crippen LogP contribution is -2.33. The Morgan fingerprint density at radius 3 is 2.22 bits per heavy atom. The minimum absolute atomic E-state index is 0.109. The SMILES string of the molecule is O=C(NC(=S)Nc1cccc(-c2cc3ccccc3oc2=O)c1)c1cc2ccccc2o1. The summed E-state index contributed by atoms with van der Waals surface area (Å²) < 4.78 is 11.0. The second-order valence-electron chi connectivity index (χ2n) is 7.12. The number of carbonyl (C=O) groups is 1. The van der Waals surface area contributed by atoms with E-state index in [1.54, 1.807) is 42.5 Å². The molecule has 5 rings (SSSR count). The Bertz CT molecular complexity index is 1520. The van der Waals surface area contributed by atoms with E-state index in [0.29, 0.717) is 28.0 Å². The lowest BCUT2D eigenvalue weighted by atomic mass is 10.1. The number of benzene rings is 3. The summed E-state index contributed by atoms with van der Waals surface area (Å²) in [5.41, 5.74) is 2.44. The number of nitrogens with one attached hydrogen (secondary N) is 2. The molecule has 1 amide bonds. The number of rotatable bonds is 3. The number of thiocarbonyl (C=S) groups is 1. The number of hydrogen-bond donors (Lipinski definition) is 2. The van der Waals surface area contributed by atoms with Crippen LogP contribution in [0.25, 0.3) is 33.1 Å². The molecule has 0 unspecified atom stereocenters. The van der Waals surface area contributed by atoms with Crippen LogP contribution in [0.4, 0.5) is 5.69 Å². The van der Waals surface area contributed by atoms with Crippen molar-refractivity contribution in [1.82, 2.24) is 5.32 Å². The van der Waals surface area contributed by atoms with Crippen molar-refractivity contribution < 1.29 is 13.6 Å². The number of fused-ring (bicyclic) bond motifs is 2. The molecule has 0 saturated carbocycles. The Labute approximate surface area is 187 Å². The van der Waals surface area contributed by atoms with Crippen LogP contribution in [-0.4, -0.2) is 11.0 Å². The standard InChI is InChI=1S/C25H16N2O4S/c28-23(22-14-17-7-2-3-10-20(17)30-22)27-25(32)26-18-9-5-8-15(12-18)19-13-16-6-1-4-11-21(16)31-24(19)29/h1-14H,(H2,26,27,28,32). The molecule has 0 aliphatic rings. The van der Waals surface area contributed by atoms with Gasteiger partial charge in [0.15, 0.2) is 10.9 Å². The third-order valence-corrected chi connectivity index (χ3v) is 5.15. The normalized spacial score (nSPS) is 10.9. The van der Waals surface area contributed by atoms with E-state index in [9.17, 15) is 9.59 Å². The highest BCUT2D eigenvalue weighted by atomic mass is 32.1. The monoisotopic (exact) mass is 440 g/mol. The van der Waals surface area contributed by atoms with Gasteiger partial charge < -0.3 is 14.2 Å².